The fourth-order valence-electron chi connectivity index (χ4n) is 7.34. The highest BCUT2D eigenvalue weighted by molar-refractivity contribution is 7.85. The largest absolute Gasteiger partial charge is 0.310 e. The number of anilines is 3. The maximum Gasteiger partial charge on any atom is 0.171 e. The highest BCUT2D eigenvalue weighted by Gasteiger charge is 2.30. The molecule has 8 aromatic carbocycles. The van der Waals surface area contributed by atoms with Crippen LogP contribution >= 0.6 is 7.14 Å². The minimum Gasteiger partial charge on any atom is -0.310 e. The van der Waals surface area contributed by atoms with Crippen molar-refractivity contribution in [2.45, 2.75) is 0 Å². The lowest BCUT2D eigenvalue weighted by atomic mass is 9.94. The molecule has 4 heteroatoms. The van der Waals surface area contributed by atoms with Crippen LogP contribution in [0.25, 0.3) is 43.7 Å². The molecule has 0 bridgehead atoms. The molecule has 0 fully saturated rings. The molecule has 0 atom stereocenters. The van der Waals surface area contributed by atoms with Crippen LogP contribution < -0.4 is 20.8 Å². The van der Waals surface area contributed by atoms with Gasteiger partial charge in [0.15, 0.2) is 7.14 Å². The van der Waals surface area contributed by atoms with E-state index < -0.39 is 7.14 Å². The van der Waals surface area contributed by atoms with Crippen molar-refractivity contribution in [1.82, 2.24) is 4.98 Å². The Balaban J connectivity index is 1.30. The normalized spacial score (nSPS) is 11.6. The molecular formula is C47H33N2OP. The third-order valence-corrected chi connectivity index (χ3v) is 12.8. The lowest BCUT2D eigenvalue weighted by Gasteiger charge is -2.28. The quantitative estimate of drug-likeness (QED) is 0.125. The minimum atomic E-state index is -3.14. The molecule has 242 valence electrons. The smallest absolute Gasteiger partial charge is 0.171 e. The summed E-state index contributed by atoms with van der Waals surface area (Å²) in [5.74, 6) is 0. The number of rotatable bonds is 7. The maximum absolute atomic E-state index is 15.3. The van der Waals surface area contributed by atoms with Gasteiger partial charge in [0.2, 0.25) is 0 Å². The molecule has 0 unspecified atom stereocenters. The van der Waals surface area contributed by atoms with E-state index in [9.17, 15) is 0 Å². The van der Waals surface area contributed by atoms with Gasteiger partial charge in [-0.25, -0.2) is 4.98 Å². The molecule has 0 radical (unpaired) electrons. The summed E-state index contributed by atoms with van der Waals surface area (Å²) in [5.41, 5.74) is 6.06. The Morgan fingerprint density at radius 1 is 0.431 bits per heavy atom. The van der Waals surface area contributed by atoms with Gasteiger partial charge in [0.1, 0.15) is 0 Å². The monoisotopic (exact) mass is 672 g/mol. The number of nitrogens with zero attached hydrogens (tertiary/aromatic N) is 2. The van der Waals surface area contributed by atoms with Crippen LogP contribution in [0, 0.1) is 0 Å². The second-order valence-electron chi connectivity index (χ2n) is 12.7. The summed E-state index contributed by atoms with van der Waals surface area (Å²) in [6.45, 7) is 0. The molecule has 0 aliphatic carbocycles. The van der Waals surface area contributed by atoms with Crippen LogP contribution in [-0.2, 0) is 4.57 Å². The zero-order valence-electron chi connectivity index (χ0n) is 27.8. The highest BCUT2D eigenvalue weighted by atomic mass is 31.2. The topological polar surface area (TPSA) is 33.2 Å². The molecule has 0 amide bonds. The van der Waals surface area contributed by atoms with Gasteiger partial charge in [0, 0.05) is 49.0 Å². The van der Waals surface area contributed by atoms with E-state index in [1.54, 1.807) is 0 Å². The van der Waals surface area contributed by atoms with Gasteiger partial charge in [0.05, 0.1) is 16.9 Å². The van der Waals surface area contributed by atoms with Gasteiger partial charge in [-0.15, -0.1) is 0 Å². The molecule has 9 aromatic rings. The Morgan fingerprint density at radius 3 is 1.61 bits per heavy atom. The lowest BCUT2D eigenvalue weighted by molar-refractivity contribution is 0.592. The van der Waals surface area contributed by atoms with Crippen molar-refractivity contribution < 1.29 is 4.57 Å². The molecule has 9 rings (SSSR count). The lowest BCUT2D eigenvalue weighted by Crippen LogP contribution is -2.24. The predicted molar refractivity (Wildman–Crippen MR) is 216 cm³/mol. The average Bonchev–Trinajstić information content (AvgIpc) is 3.21. The molecule has 3 nitrogen and oxygen atoms in total. The van der Waals surface area contributed by atoms with Crippen LogP contribution in [-0.4, -0.2) is 4.98 Å². The van der Waals surface area contributed by atoms with Crippen molar-refractivity contribution in [1.29, 1.82) is 0 Å². The van der Waals surface area contributed by atoms with Crippen molar-refractivity contribution in [3.63, 3.8) is 0 Å². The third kappa shape index (κ3) is 5.31. The molecule has 0 saturated carbocycles. The van der Waals surface area contributed by atoms with Gasteiger partial charge in [-0.05, 0) is 53.2 Å². The van der Waals surface area contributed by atoms with E-state index in [0.29, 0.717) is 0 Å². The number of benzene rings is 8. The first-order valence-corrected chi connectivity index (χ1v) is 18.9. The number of fused-ring (bicyclic) bond motifs is 5. The standard InChI is InChI=1S/C47H33N2OP/c50-51(37-21-9-3-10-22-37,38-23-11-4-12-24-38)39-30-32-40-34(33-39)29-31-43-46(40)41-25-13-15-27-44(41)48-47(43)42-26-14-16-28-45(42)49(35-17-5-1-6-18-35)36-19-7-2-8-20-36/h1-33H. The Hall–Kier alpha value is -6.28. The summed E-state index contributed by atoms with van der Waals surface area (Å²) in [6.07, 6.45) is 0. The van der Waals surface area contributed by atoms with Gasteiger partial charge in [-0.2, -0.15) is 0 Å². The molecule has 1 aromatic heterocycles. The summed E-state index contributed by atoms with van der Waals surface area (Å²) in [4.78, 5) is 7.68. The molecule has 1 heterocycles. The number of hydrogen-bond acceptors (Lipinski definition) is 3. The van der Waals surface area contributed by atoms with Crippen LogP contribution in [0.1, 0.15) is 0 Å². The van der Waals surface area contributed by atoms with E-state index in [4.69, 9.17) is 4.98 Å². The Labute approximate surface area is 297 Å². The zero-order valence-corrected chi connectivity index (χ0v) is 28.7. The van der Waals surface area contributed by atoms with Crippen LogP contribution in [0.15, 0.2) is 200 Å². The fraction of sp³-hybridized carbons (Fsp3) is 0. The predicted octanol–water partition coefficient (Wildman–Crippen LogP) is 11.3. The SMILES string of the molecule is O=P(c1ccccc1)(c1ccccc1)c1ccc2c(ccc3c(-c4ccccc4N(c4ccccc4)c4ccccc4)nc4ccccc4c32)c1. The van der Waals surface area contributed by atoms with Gasteiger partial charge < -0.3 is 9.46 Å². The van der Waals surface area contributed by atoms with Crippen LogP contribution in [0.2, 0.25) is 0 Å². The van der Waals surface area contributed by atoms with Gasteiger partial charge >= 0.3 is 0 Å². The number of para-hydroxylation sites is 4. The molecule has 51 heavy (non-hydrogen) atoms. The maximum atomic E-state index is 15.3. The molecule has 0 aliphatic heterocycles. The summed E-state index contributed by atoms with van der Waals surface area (Å²) >= 11 is 0. The van der Waals surface area contributed by atoms with Crippen molar-refractivity contribution in [3.8, 4) is 11.3 Å². The van der Waals surface area contributed by atoms with Crippen molar-refractivity contribution in [3.05, 3.63) is 200 Å². The second kappa shape index (κ2) is 12.9. The molecule has 0 N–H and O–H groups in total. The van der Waals surface area contributed by atoms with Crippen molar-refractivity contribution >= 4 is 72.6 Å². The first-order chi connectivity index (χ1) is 25.2. The van der Waals surface area contributed by atoms with E-state index >= 15 is 4.57 Å². The van der Waals surface area contributed by atoms with Crippen LogP contribution in [0.4, 0.5) is 17.1 Å². The minimum absolute atomic E-state index is 0.817. The summed E-state index contributed by atoms with van der Waals surface area (Å²) in [5, 5.41) is 7.90. The summed E-state index contributed by atoms with van der Waals surface area (Å²) < 4.78 is 15.3. The van der Waals surface area contributed by atoms with E-state index in [1.165, 1.54) is 0 Å². The van der Waals surface area contributed by atoms with Gasteiger partial charge in [-0.1, -0.05) is 158 Å². The van der Waals surface area contributed by atoms with E-state index in [-0.39, 0.29) is 0 Å². The van der Waals surface area contributed by atoms with Crippen molar-refractivity contribution in [2.75, 3.05) is 4.90 Å². The van der Waals surface area contributed by atoms with Crippen LogP contribution in [0.5, 0.6) is 0 Å². The van der Waals surface area contributed by atoms with Gasteiger partial charge in [0.25, 0.3) is 0 Å². The van der Waals surface area contributed by atoms with E-state index in [2.05, 4.69) is 132 Å². The first-order valence-electron chi connectivity index (χ1n) is 17.2. The van der Waals surface area contributed by atoms with E-state index in [1.807, 2.05) is 72.8 Å². The Bertz CT molecular complexity index is 2630. The number of pyridine rings is 1. The Morgan fingerprint density at radius 2 is 0.961 bits per heavy atom. The van der Waals surface area contributed by atoms with Gasteiger partial charge in [-0.3, -0.25) is 0 Å². The number of hydrogen-bond donors (Lipinski definition) is 0. The highest BCUT2D eigenvalue weighted by Crippen LogP contribution is 2.46. The summed E-state index contributed by atoms with van der Waals surface area (Å²) in [7, 11) is -3.14. The Kier molecular flexibility index (Phi) is 7.76. The average molecular weight is 673 g/mol. The first kappa shape index (κ1) is 30.8. The fourth-order valence-corrected chi connectivity index (χ4v) is 10.0. The summed E-state index contributed by atoms with van der Waals surface area (Å²) in [6, 6.07) is 68.3. The number of aromatic nitrogens is 1. The molecular weight excluding hydrogens is 640 g/mol. The zero-order chi connectivity index (χ0) is 34.2. The van der Waals surface area contributed by atoms with E-state index in [0.717, 1.165) is 76.7 Å². The molecule has 0 aliphatic rings. The molecule has 0 saturated heterocycles. The van der Waals surface area contributed by atoms with Crippen LogP contribution in [0.3, 0.4) is 0 Å². The molecule has 0 spiro atoms. The van der Waals surface area contributed by atoms with Crippen molar-refractivity contribution in [2.24, 2.45) is 0 Å². The third-order valence-electron chi connectivity index (χ3n) is 9.70. The second-order valence-corrected chi connectivity index (χ2v) is 15.4.